The molecule has 3 atom stereocenters. The van der Waals surface area contributed by atoms with Crippen LogP contribution in [0.5, 0.6) is 0 Å². The lowest BCUT2D eigenvalue weighted by Crippen LogP contribution is -2.44. The molecule has 9 heteroatoms. The zero-order chi connectivity index (χ0) is 19.9. The molecular weight excluding hydrogens is 382 g/mol. The highest BCUT2D eigenvalue weighted by atomic mass is 32.2. The standard InChI is InChI=1S/C19H27N3O5S/c1-13-10-21(11-14(2)27-13)12-17-16-7-6-15(28(23,24)25)9-18(16)22(20-17)19-5-3-4-8-26-19/h6-7,9,13-14,19H,3-5,8,10-12H2,1-2H3,(H,23,24,25)/t13-,14+,19?. The Balaban J connectivity index is 1.73. The SMILES string of the molecule is C[C@@H]1CN(Cc2nn(C3CCCCO3)c3cc(S(=O)(=O)O)ccc23)C[C@H](C)O1. The van der Waals surface area contributed by atoms with Crippen LogP contribution in [0.1, 0.15) is 45.0 Å². The van der Waals surface area contributed by atoms with Crippen molar-refractivity contribution in [1.82, 2.24) is 14.7 Å². The van der Waals surface area contributed by atoms with Gasteiger partial charge in [-0.25, -0.2) is 4.68 Å². The molecule has 1 aromatic heterocycles. The summed E-state index contributed by atoms with van der Waals surface area (Å²) in [6.07, 6.45) is 2.98. The van der Waals surface area contributed by atoms with Gasteiger partial charge in [-0.05, 0) is 51.3 Å². The summed E-state index contributed by atoms with van der Waals surface area (Å²) in [6.45, 7) is 7.09. The Morgan fingerprint density at radius 3 is 2.61 bits per heavy atom. The zero-order valence-corrected chi connectivity index (χ0v) is 17.1. The second-order valence-electron chi connectivity index (χ2n) is 7.82. The van der Waals surface area contributed by atoms with Gasteiger partial charge in [0.2, 0.25) is 0 Å². The third-order valence-corrected chi connectivity index (χ3v) is 6.20. The summed E-state index contributed by atoms with van der Waals surface area (Å²) in [5, 5.41) is 5.70. The van der Waals surface area contributed by atoms with Gasteiger partial charge in [0.05, 0.1) is 28.3 Å². The lowest BCUT2D eigenvalue weighted by Gasteiger charge is -2.34. The van der Waals surface area contributed by atoms with E-state index in [-0.39, 0.29) is 23.3 Å². The van der Waals surface area contributed by atoms with Crippen LogP contribution in [0.15, 0.2) is 23.1 Å². The molecule has 154 valence electrons. The van der Waals surface area contributed by atoms with Crippen LogP contribution in [0.3, 0.4) is 0 Å². The first-order valence-corrected chi connectivity index (χ1v) is 11.2. The van der Waals surface area contributed by atoms with Crippen molar-refractivity contribution in [3.8, 4) is 0 Å². The molecule has 8 nitrogen and oxygen atoms in total. The molecule has 2 aromatic rings. The first kappa shape index (κ1) is 19.8. The number of nitrogens with zero attached hydrogens (tertiary/aromatic N) is 3. The van der Waals surface area contributed by atoms with E-state index in [9.17, 15) is 13.0 Å². The van der Waals surface area contributed by atoms with Crippen LogP contribution in [0.25, 0.3) is 10.9 Å². The van der Waals surface area contributed by atoms with Gasteiger partial charge in [-0.3, -0.25) is 9.45 Å². The fourth-order valence-corrected chi connectivity index (χ4v) is 4.72. The molecule has 0 amide bonds. The summed E-state index contributed by atoms with van der Waals surface area (Å²) in [7, 11) is -4.28. The monoisotopic (exact) mass is 409 g/mol. The Labute approximate surface area is 165 Å². The van der Waals surface area contributed by atoms with E-state index in [1.807, 2.05) is 0 Å². The molecule has 0 bridgehead atoms. The van der Waals surface area contributed by atoms with Gasteiger partial charge < -0.3 is 9.47 Å². The predicted molar refractivity (Wildman–Crippen MR) is 104 cm³/mol. The maximum atomic E-state index is 11.6. The molecule has 0 radical (unpaired) electrons. The van der Waals surface area contributed by atoms with E-state index in [2.05, 4.69) is 18.7 Å². The van der Waals surface area contributed by atoms with Crippen LogP contribution in [0.2, 0.25) is 0 Å². The molecular formula is C19H27N3O5S. The molecule has 1 aromatic carbocycles. The van der Waals surface area contributed by atoms with Gasteiger partial charge in [-0.15, -0.1) is 0 Å². The molecule has 2 fully saturated rings. The Morgan fingerprint density at radius 1 is 1.21 bits per heavy atom. The average Bonchev–Trinajstić information content (AvgIpc) is 2.99. The number of rotatable bonds is 4. The lowest BCUT2D eigenvalue weighted by atomic mass is 10.1. The van der Waals surface area contributed by atoms with Gasteiger partial charge in [0.15, 0.2) is 6.23 Å². The highest BCUT2D eigenvalue weighted by molar-refractivity contribution is 7.85. The Morgan fingerprint density at radius 2 is 1.96 bits per heavy atom. The minimum absolute atomic E-state index is 0.128. The average molecular weight is 410 g/mol. The van der Waals surface area contributed by atoms with E-state index in [0.29, 0.717) is 18.7 Å². The summed E-state index contributed by atoms with van der Waals surface area (Å²) in [6, 6.07) is 4.65. The number of hydrogen-bond donors (Lipinski definition) is 1. The topological polar surface area (TPSA) is 93.9 Å². The van der Waals surface area contributed by atoms with E-state index < -0.39 is 10.1 Å². The summed E-state index contributed by atoms with van der Waals surface area (Å²) in [5.41, 5.74) is 1.55. The van der Waals surface area contributed by atoms with Crippen molar-refractivity contribution in [2.24, 2.45) is 0 Å². The zero-order valence-electron chi connectivity index (χ0n) is 16.2. The van der Waals surface area contributed by atoms with Crippen molar-refractivity contribution >= 4 is 21.0 Å². The molecule has 2 aliphatic rings. The van der Waals surface area contributed by atoms with Gasteiger partial charge in [-0.1, -0.05) is 0 Å². The van der Waals surface area contributed by atoms with Crippen LogP contribution in [0.4, 0.5) is 0 Å². The van der Waals surface area contributed by atoms with Crippen LogP contribution in [-0.4, -0.2) is 59.6 Å². The minimum atomic E-state index is -4.28. The molecule has 3 heterocycles. The van der Waals surface area contributed by atoms with Crippen LogP contribution in [0, 0.1) is 0 Å². The highest BCUT2D eigenvalue weighted by Crippen LogP contribution is 2.30. The van der Waals surface area contributed by atoms with Gasteiger partial charge in [-0.2, -0.15) is 13.5 Å². The summed E-state index contributed by atoms with van der Waals surface area (Å²) < 4.78 is 46.2. The second-order valence-corrected chi connectivity index (χ2v) is 9.24. The molecule has 4 rings (SSSR count). The molecule has 0 saturated carbocycles. The maximum absolute atomic E-state index is 11.6. The minimum Gasteiger partial charge on any atom is -0.373 e. The summed E-state index contributed by atoms with van der Waals surface area (Å²) >= 11 is 0. The number of fused-ring (bicyclic) bond motifs is 1. The van der Waals surface area contributed by atoms with Crippen molar-refractivity contribution < 1.29 is 22.4 Å². The third kappa shape index (κ3) is 4.08. The quantitative estimate of drug-likeness (QED) is 0.776. The Hall–Kier alpha value is -1.52. The van der Waals surface area contributed by atoms with E-state index >= 15 is 0 Å². The third-order valence-electron chi connectivity index (χ3n) is 5.35. The highest BCUT2D eigenvalue weighted by Gasteiger charge is 2.26. The van der Waals surface area contributed by atoms with Crippen molar-refractivity contribution in [1.29, 1.82) is 0 Å². The largest absolute Gasteiger partial charge is 0.373 e. The number of morpholine rings is 1. The Kier molecular flexibility index (Phi) is 5.45. The molecule has 1 N–H and O–H groups in total. The molecule has 2 saturated heterocycles. The first-order chi connectivity index (χ1) is 13.3. The van der Waals surface area contributed by atoms with E-state index in [0.717, 1.165) is 43.4 Å². The van der Waals surface area contributed by atoms with Gasteiger partial charge in [0.1, 0.15) is 0 Å². The van der Waals surface area contributed by atoms with Gasteiger partial charge in [0, 0.05) is 31.6 Å². The van der Waals surface area contributed by atoms with E-state index in [1.54, 1.807) is 10.7 Å². The van der Waals surface area contributed by atoms with E-state index in [4.69, 9.17) is 14.6 Å². The van der Waals surface area contributed by atoms with Crippen LogP contribution < -0.4 is 0 Å². The predicted octanol–water partition coefficient (Wildman–Crippen LogP) is 2.59. The van der Waals surface area contributed by atoms with Gasteiger partial charge >= 0.3 is 0 Å². The van der Waals surface area contributed by atoms with Crippen LogP contribution in [-0.2, 0) is 26.1 Å². The fraction of sp³-hybridized carbons (Fsp3) is 0.632. The van der Waals surface area contributed by atoms with Crippen LogP contribution >= 0.6 is 0 Å². The Bertz CT molecular complexity index is 942. The molecule has 0 spiro atoms. The fourth-order valence-electron chi connectivity index (χ4n) is 4.22. The molecule has 0 aliphatic carbocycles. The van der Waals surface area contributed by atoms with Gasteiger partial charge in [0.25, 0.3) is 10.1 Å². The maximum Gasteiger partial charge on any atom is 0.294 e. The number of benzene rings is 1. The first-order valence-electron chi connectivity index (χ1n) is 9.79. The lowest BCUT2D eigenvalue weighted by molar-refractivity contribution is -0.0710. The normalized spacial score (nSPS) is 27.3. The summed E-state index contributed by atoms with van der Waals surface area (Å²) in [5.74, 6) is 0. The van der Waals surface area contributed by atoms with Crippen molar-refractivity contribution in [2.45, 2.75) is 63.0 Å². The summed E-state index contributed by atoms with van der Waals surface area (Å²) in [4.78, 5) is 2.18. The molecule has 1 unspecified atom stereocenters. The molecule has 2 aliphatic heterocycles. The van der Waals surface area contributed by atoms with E-state index in [1.165, 1.54) is 12.1 Å². The van der Waals surface area contributed by atoms with Crippen molar-refractivity contribution in [3.63, 3.8) is 0 Å². The smallest absolute Gasteiger partial charge is 0.294 e. The number of hydrogen-bond acceptors (Lipinski definition) is 6. The number of ether oxygens (including phenoxy) is 2. The van der Waals surface area contributed by atoms with Crippen molar-refractivity contribution in [3.05, 3.63) is 23.9 Å². The number of aromatic nitrogens is 2. The van der Waals surface area contributed by atoms with Crippen molar-refractivity contribution in [2.75, 3.05) is 19.7 Å². The molecule has 28 heavy (non-hydrogen) atoms. The second kappa shape index (κ2) is 7.72.